The van der Waals surface area contributed by atoms with Crippen molar-refractivity contribution >= 4 is 41.8 Å². The number of rotatable bonds is 7. The monoisotopic (exact) mass is 544 g/mol. The molecule has 4 unspecified atom stereocenters. The first-order chi connectivity index (χ1) is 14.5. The third kappa shape index (κ3) is 4.75. The summed E-state index contributed by atoms with van der Waals surface area (Å²) in [4.78, 5) is 31.2. The number of carbonyl (C=O) groups is 2. The molecule has 0 spiro atoms. The molecule has 2 bridgehead atoms. The molecule has 0 aromatic heterocycles. The van der Waals surface area contributed by atoms with Crippen LogP contribution in [0, 0.1) is 35.3 Å². The van der Waals surface area contributed by atoms with Crippen molar-refractivity contribution in [2.45, 2.75) is 19.8 Å². The number of halogens is 3. The standard InChI is InChI=1S/C22H26F2N4O2.HI/c1-2-25-22(26-8-7-13-5-6-16(23)12-17(13)24)27-9-10-28-20(29)18-14-3-4-15(11-14)19(18)21(28)30;/h3-6,12,14-15,18-19H,2,7-11H2,1H3,(H2,25,26,27);1H. The topological polar surface area (TPSA) is 73.8 Å². The maximum atomic E-state index is 13.7. The molecule has 0 radical (unpaired) electrons. The van der Waals surface area contributed by atoms with Crippen molar-refractivity contribution in [3.05, 3.63) is 47.5 Å². The lowest BCUT2D eigenvalue weighted by Gasteiger charge is -2.18. The van der Waals surface area contributed by atoms with Crippen LogP contribution < -0.4 is 10.6 Å². The second-order valence-electron chi connectivity index (χ2n) is 8.00. The molecule has 1 aliphatic heterocycles. The predicted octanol–water partition coefficient (Wildman–Crippen LogP) is 2.49. The summed E-state index contributed by atoms with van der Waals surface area (Å²) in [6, 6.07) is 3.51. The first kappa shape index (κ1) is 23.6. The molecule has 2 fully saturated rings. The van der Waals surface area contributed by atoms with Gasteiger partial charge in [0.25, 0.3) is 0 Å². The number of hydrogen-bond acceptors (Lipinski definition) is 3. The van der Waals surface area contributed by atoms with Gasteiger partial charge in [-0.05, 0) is 43.2 Å². The van der Waals surface area contributed by atoms with Crippen LogP contribution in [0.2, 0.25) is 0 Å². The Morgan fingerprint density at radius 1 is 1.13 bits per heavy atom. The van der Waals surface area contributed by atoms with E-state index in [1.54, 1.807) is 0 Å². The minimum absolute atomic E-state index is 0. The second-order valence-corrected chi connectivity index (χ2v) is 8.00. The summed E-state index contributed by atoms with van der Waals surface area (Å²) in [6.07, 6.45) is 5.42. The van der Waals surface area contributed by atoms with Crippen LogP contribution in [-0.4, -0.2) is 48.9 Å². The zero-order valence-corrected chi connectivity index (χ0v) is 19.6. The Kier molecular flexibility index (Phi) is 7.66. The highest BCUT2D eigenvalue weighted by Gasteiger charge is 2.58. The highest BCUT2D eigenvalue weighted by Crippen LogP contribution is 2.52. The van der Waals surface area contributed by atoms with E-state index in [4.69, 9.17) is 0 Å². The average molecular weight is 544 g/mol. The van der Waals surface area contributed by atoms with Gasteiger partial charge in [0, 0.05) is 32.2 Å². The number of allylic oxidation sites excluding steroid dienone is 2. The Hall–Kier alpha value is -2.04. The fourth-order valence-electron chi connectivity index (χ4n) is 4.82. The molecule has 31 heavy (non-hydrogen) atoms. The van der Waals surface area contributed by atoms with Gasteiger partial charge < -0.3 is 10.6 Å². The molecular weight excluding hydrogens is 517 g/mol. The molecule has 9 heteroatoms. The van der Waals surface area contributed by atoms with E-state index in [2.05, 4.69) is 27.8 Å². The molecule has 4 atom stereocenters. The van der Waals surface area contributed by atoms with Gasteiger partial charge in [-0.25, -0.2) is 8.78 Å². The summed E-state index contributed by atoms with van der Waals surface area (Å²) in [5.74, 6) is -0.715. The van der Waals surface area contributed by atoms with Crippen LogP contribution in [0.15, 0.2) is 35.3 Å². The smallest absolute Gasteiger partial charge is 0.233 e. The minimum Gasteiger partial charge on any atom is -0.357 e. The largest absolute Gasteiger partial charge is 0.357 e. The van der Waals surface area contributed by atoms with Crippen molar-refractivity contribution in [3.8, 4) is 0 Å². The fourth-order valence-corrected chi connectivity index (χ4v) is 4.82. The van der Waals surface area contributed by atoms with Crippen LogP contribution in [0.5, 0.6) is 0 Å². The highest BCUT2D eigenvalue weighted by molar-refractivity contribution is 14.0. The summed E-state index contributed by atoms with van der Waals surface area (Å²) < 4.78 is 26.7. The normalized spacial score (nSPS) is 26.3. The number of nitrogens with one attached hydrogen (secondary N) is 2. The second kappa shape index (κ2) is 10.1. The number of hydrogen-bond donors (Lipinski definition) is 2. The molecule has 168 valence electrons. The van der Waals surface area contributed by atoms with E-state index < -0.39 is 11.6 Å². The van der Waals surface area contributed by atoms with Crippen LogP contribution in [0.25, 0.3) is 0 Å². The number of benzene rings is 1. The lowest BCUT2D eigenvalue weighted by Crippen LogP contribution is -2.43. The summed E-state index contributed by atoms with van der Waals surface area (Å²) in [5, 5.41) is 6.22. The number of guanidine groups is 1. The van der Waals surface area contributed by atoms with E-state index in [1.807, 2.05) is 6.92 Å². The van der Waals surface area contributed by atoms with E-state index in [1.165, 1.54) is 17.0 Å². The first-order valence-corrected chi connectivity index (χ1v) is 10.5. The van der Waals surface area contributed by atoms with Crippen molar-refractivity contribution in [2.75, 3.05) is 26.2 Å². The lowest BCUT2D eigenvalue weighted by atomic mass is 9.85. The summed E-state index contributed by atoms with van der Waals surface area (Å²) in [5.41, 5.74) is 0.402. The van der Waals surface area contributed by atoms with Gasteiger partial charge in [-0.3, -0.25) is 19.5 Å². The Bertz CT molecular complexity index is 877. The van der Waals surface area contributed by atoms with Crippen molar-refractivity contribution in [3.63, 3.8) is 0 Å². The Morgan fingerprint density at radius 2 is 1.81 bits per heavy atom. The van der Waals surface area contributed by atoms with E-state index in [0.29, 0.717) is 44.1 Å². The molecule has 2 aliphatic carbocycles. The van der Waals surface area contributed by atoms with E-state index in [-0.39, 0.29) is 59.5 Å². The molecule has 4 rings (SSSR count). The third-order valence-corrected chi connectivity index (χ3v) is 6.20. The van der Waals surface area contributed by atoms with E-state index in [0.717, 1.165) is 12.5 Å². The molecular formula is C22H27F2IN4O2. The van der Waals surface area contributed by atoms with Crippen LogP contribution in [0.1, 0.15) is 18.9 Å². The zero-order chi connectivity index (χ0) is 21.3. The highest BCUT2D eigenvalue weighted by atomic mass is 127. The van der Waals surface area contributed by atoms with Gasteiger partial charge in [0.2, 0.25) is 11.8 Å². The van der Waals surface area contributed by atoms with Gasteiger partial charge in [0.1, 0.15) is 11.6 Å². The van der Waals surface area contributed by atoms with Crippen LogP contribution in [0.4, 0.5) is 8.78 Å². The van der Waals surface area contributed by atoms with Crippen molar-refractivity contribution in [1.82, 2.24) is 15.5 Å². The van der Waals surface area contributed by atoms with Gasteiger partial charge in [-0.1, -0.05) is 18.2 Å². The third-order valence-electron chi connectivity index (χ3n) is 6.20. The number of carbonyl (C=O) groups excluding carboxylic acids is 2. The molecule has 2 N–H and O–H groups in total. The molecule has 2 amide bonds. The molecule has 3 aliphatic rings. The number of aliphatic imine (C=N–C) groups is 1. The number of nitrogens with zero attached hydrogens (tertiary/aromatic N) is 2. The van der Waals surface area contributed by atoms with Gasteiger partial charge in [0.05, 0.1) is 11.8 Å². The van der Waals surface area contributed by atoms with E-state index >= 15 is 0 Å². The Morgan fingerprint density at radius 3 is 2.42 bits per heavy atom. The molecule has 1 saturated heterocycles. The van der Waals surface area contributed by atoms with E-state index in [9.17, 15) is 18.4 Å². The maximum Gasteiger partial charge on any atom is 0.233 e. The number of amides is 2. The van der Waals surface area contributed by atoms with Crippen LogP contribution in [-0.2, 0) is 16.0 Å². The summed E-state index contributed by atoms with van der Waals surface area (Å²) >= 11 is 0. The minimum atomic E-state index is -0.603. The lowest BCUT2D eigenvalue weighted by molar-refractivity contribution is -0.140. The van der Waals surface area contributed by atoms with Gasteiger partial charge >= 0.3 is 0 Å². The Labute approximate surface area is 197 Å². The fraction of sp³-hybridized carbons (Fsp3) is 0.500. The zero-order valence-electron chi connectivity index (χ0n) is 17.3. The average Bonchev–Trinajstić information content (AvgIpc) is 3.39. The Balaban J connectivity index is 0.00000272. The molecule has 1 aromatic carbocycles. The number of fused-ring (bicyclic) bond motifs is 5. The summed E-state index contributed by atoms with van der Waals surface area (Å²) in [6.45, 7) is 3.56. The van der Waals surface area contributed by atoms with Crippen LogP contribution in [0.3, 0.4) is 0 Å². The molecule has 6 nitrogen and oxygen atoms in total. The predicted molar refractivity (Wildman–Crippen MR) is 124 cm³/mol. The quantitative estimate of drug-likeness (QED) is 0.182. The van der Waals surface area contributed by atoms with Crippen LogP contribution >= 0.6 is 24.0 Å². The first-order valence-electron chi connectivity index (χ1n) is 10.5. The molecule has 1 aromatic rings. The number of imide groups is 1. The van der Waals surface area contributed by atoms with Gasteiger partial charge in [-0.2, -0.15) is 0 Å². The number of likely N-dealkylation sites (tertiary alicyclic amines) is 1. The van der Waals surface area contributed by atoms with Gasteiger partial charge in [0.15, 0.2) is 5.96 Å². The summed E-state index contributed by atoms with van der Waals surface area (Å²) in [7, 11) is 0. The van der Waals surface area contributed by atoms with Crippen molar-refractivity contribution in [2.24, 2.45) is 28.7 Å². The van der Waals surface area contributed by atoms with Crippen molar-refractivity contribution in [1.29, 1.82) is 0 Å². The van der Waals surface area contributed by atoms with Crippen molar-refractivity contribution < 1.29 is 18.4 Å². The molecule has 1 saturated carbocycles. The molecule has 1 heterocycles. The maximum absolute atomic E-state index is 13.7. The SMILES string of the molecule is CCNC(=NCCc1ccc(F)cc1F)NCCN1C(=O)C2C3C=CC(C3)C2C1=O.I. The van der Waals surface area contributed by atoms with Gasteiger partial charge in [-0.15, -0.1) is 24.0 Å².